The lowest BCUT2D eigenvalue weighted by Gasteiger charge is -2.22. The first-order valence-corrected chi connectivity index (χ1v) is 9.69. The van der Waals surface area contributed by atoms with Gasteiger partial charge in [-0.3, -0.25) is 0 Å². The Morgan fingerprint density at radius 1 is 1.25 bits per heavy atom. The van der Waals surface area contributed by atoms with Gasteiger partial charge in [0.05, 0.1) is 23.5 Å². The van der Waals surface area contributed by atoms with Crippen LogP contribution in [0.1, 0.15) is 57.3 Å². The fraction of sp³-hybridized carbons (Fsp3) is 0.550. The normalized spacial score (nSPS) is 20.2. The smallest absolute Gasteiger partial charge is 0.157 e. The van der Waals surface area contributed by atoms with Crippen molar-refractivity contribution >= 4 is 17.2 Å². The monoisotopic (exact) mass is 386 g/mol. The van der Waals surface area contributed by atoms with Crippen molar-refractivity contribution in [1.29, 1.82) is 0 Å². The predicted molar refractivity (Wildman–Crippen MR) is 106 cm³/mol. The maximum Gasteiger partial charge on any atom is 0.157 e. The van der Waals surface area contributed by atoms with Crippen LogP contribution in [0, 0.1) is 0 Å². The van der Waals surface area contributed by atoms with E-state index < -0.39 is 6.17 Å². The van der Waals surface area contributed by atoms with Gasteiger partial charge in [-0.1, -0.05) is 0 Å². The van der Waals surface area contributed by atoms with Crippen LogP contribution in [-0.2, 0) is 16.9 Å². The summed E-state index contributed by atoms with van der Waals surface area (Å²) in [4.78, 5) is 4.50. The highest BCUT2D eigenvalue weighted by molar-refractivity contribution is 5.72. The van der Waals surface area contributed by atoms with Gasteiger partial charge in [0.15, 0.2) is 5.82 Å². The van der Waals surface area contributed by atoms with Crippen LogP contribution in [0.4, 0.5) is 16.0 Å². The molecule has 0 unspecified atom stereocenters. The lowest BCUT2D eigenvalue weighted by Crippen LogP contribution is -2.25. The molecule has 0 amide bonds. The number of hydrogen-bond donors (Lipinski definition) is 1. The maximum atomic E-state index is 13.7. The molecule has 8 heteroatoms. The van der Waals surface area contributed by atoms with E-state index in [1.807, 2.05) is 23.0 Å². The maximum absolute atomic E-state index is 13.7. The Hall–Kier alpha value is -2.48. The third-order valence-electron chi connectivity index (χ3n) is 5.13. The molecule has 0 aromatic carbocycles. The molecule has 1 aliphatic rings. The number of hydrogen-bond acceptors (Lipinski definition) is 5. The van der Waals surface area contributed by atoms with E-state index in [1.165, 1.54) is 0 Å². The first kappa shape index (κ1) is 18.9. The van der Waals surface area contributed by atoms with Crippen molar-refractivity contribution in [2.75, 3.05) is 12.4 Å². The van der Waals surface area contributed by atoms with Crippen LogP contribution in [0.5, 0.6) is 0 Å². The summed E-state index contributed by atoms with van der Waals surface area (Å²) in [5, 5.41) is 12.8. The minimum atomic E-state index is -0.720. The van der Waals surface area contributed by atoms with E-state index in [1.54, 1.807) is 17.8 Å². The van der Waals surface area contributed by atoms with E-state index in [0.717, 1.165) is 29.1 Å². The summed E-state index contributed by atoms with van der Waals surface area (Å²) in [7, 11) is 1.65. The van der Waals surface area contributed by atoms with Crippen molar-refractivity contribution in [3.05, 3.63) is 35.9 Å². The molecule has 1 N–H and O–H groups in total. The van der Waals surface area contributed by atoms with E-state index in [0.29, 0.717) is 25.3 Å². The molecule has 3 heterocycles. The van der Waals surface area contributed by atoms with Gasteiger partial charge >= 0.3 is 0 Å². The van der Waals surface area contributed by atoms with Crippen LogP contribution in [0.15, 0.2) is 24.5 Å². The Labute approximate surface area is 163 Å². The van der Waals surface area contributed by atoms with Gasteiger partial charge in [-0.25, -0.2) is 18.6 Å². The molecule has 150 valence electrons. The number of methoxy groups -OCH3 is 1. The summed E-state index contributed by atoms with van der Waals surface area (Å²) in [6.45, 7) is 6.75. The number of fused-ring (bicyclic) bond motifs is 1. The molecule has 1 aliphatic carbocycles. The molecule has 0 bridgehead atoms. The van der Waals surface area contributed by atoms with Crippen LogP contribution in [0.3, 0.4) is 0 Å². The zero-order valence-electron chi connectivity index (χ0n) is 16.8. The fourth-order valence-corrected chi connectivity index (χ4v) is 3.80. The van der Waals surface area contributed by atoms with Gasteiger partial charge in [-0.2, -0.15) is 10.2 Å². The minimum absolute atomic E-state index is 0.172. The SMILES string of the molecule is COCc1cc2c(Nc3cc([C@H]4CC[C@H](F)C4)nn3C(C)(C)C)nccn2n1. The van der Waals surface area contributed by atoms with Crippen LogP contribution in [0.2, 0.25) is 0 Å². The zero-order valence-corrected chi connectivity index (χ0v) is 16.8. The molecular formula is C20H27FN6O. The van der Waals surface area contributed by atoms with Gasteiger partial charge < -0.3 is 10.1 Å². The summed E-state index contributed by atoms with van der Waals surface area (Å²) in [5.74, 6) is 1.72. The Bertz CT molecular complexity index is 973. The number of nitrogens with zero attached hydrogens (tertiary/aromatic N) is 5. The van der Waals surface area contributed by atoms with Crippen LogP contribution >= 0.6 is 0 Å². The number of nitrogens with one attached hydrogen (secondary N) is 1. The second-order valence-corrected chi connectivity index (χ2v) is 8.44. The molecule has 0 radical (unpaired) electrons. The van der Waals surface area contributed by atoms with Gasteiger partial charge in [0.1, 0.15) is 17.5 Å². The van der Waals surface area contributed by atoms with Gasteiger partial charge in [-0.15, -0.1) is 0 Å². The average molecular weight is 386 g/mol. The molecule has 7 nitrogen and oxygen atoms in total. The van der Waals surface area contributed by atoms with E-state index in [2.05, 4.69) is 36.2 Å². The van der Waals surface area contributed by atoms with Gasteiger partial charge in [0.2, 0.25) is 0 Å². The molecule has 1 fully saturated rings. The van der Waals surface area contributed by atoms with Crippen LogP contribution in [0.25, 0.3) is 5.52 Å². The number of anilines is 2. The first-order chi connectivity index (χ1) is 13.3. The summed E-state index contributed by atoms with van der Waals surface area (Å²) in [6, 6.07) is 3.99. The summed E-state index contributed by atoms with van der Waals surface area (Å²) in [5.41, 5.74) is 2.42. The zero-order chi connectivity index (χ0) is 19.9. The largest absolute Gasteiger partial charge is 0.378 e. The summed E-state index contributed by atoms with van der Waals surface area (Å²) in [6.07, 6.45) is 4.82. The molecule has 3 aromatic heterocycles. The van der Waals surface area contributed by atoms with Crippen molar-refractivity contribution in [2.24, 2.45) is 0 Å². The van der Waals surface area contributed by atoms with Crippen LogP contribution in [-0.4, -0.2) is 37.7 Å². The molecule has 2 atom stereocenters. The number of alkyl halides is 1. The average Bonchev–Trinajstić information content (AvgIpc) is 3.32. The van der Waals surface area contributed by atoms with Crippen molar-refractivity contribution in [2.45, 2.75) is 64.3 Å². The second kappa shape index (κ2) is 7.16. The molecule has 4 rings (SSSR count). The molecule has 0 saturated heterocycles. The first-order valence-electron chi connectivity index (χ1n) is 9.69. The summed E-state index contributed by atoms with van der Waals surface area (Å²) < 4.78 is 22.6. The molecule has 28 heavy (non-hydrogen) atoms. The third-order valence-corrected chi connectivity index (χ3v) is 5.13. The molecular weight excluding hydrogens is 359 g/mol. The fourth-order valence-electron chi connectivity index (χ4n) is 3.80. The van der Waals surface area contributed by atoms with E-state index >= 15 is 0 Å². The topological polar surface area (TPSA) is 69.3 Å². The van der Waals surface area contributed by atoms with E-state index in [9.17, 15) is 4.39 Å². The Balaban J connectivity index is 1.71. The number of ether oxygens (including phenoxy) is 1. The minimum Gasteiger partial charge on any atom is -0.378 e. The molecule has 0 aliphatic heterocycles. The van der Waals surface area contributed by atoms with Gasteiger partial charge in [0, 0.05) is 31.5 Å². The second-order valence-electron chi connectivity index (χ2n) is 8.44. The molecule has 1 saturated carbocycles. The van der Waals surface area contributed by atoms with E-state index in [-0.39, 0.29) is 11.5 Å². The Kier molecular flexibility index (Phi) is 4.82. The highest BCUT2D eigenvalue weighted by atomic mass is 19.1. The Morgan fingerprint density at radius 3 is 2.75 bits per heavy atom. The predicted octanol–water partition coefficient (Wildman–Crippen LogP) is 4.18. The summed E-state index contributed by atoms with van der Waals surface area (Å²) >= 11 is 0. The van der Waals surface area contributed by atoms with Crippen molar-refractivity contribution in [3.8, 4) is 0 Å². The number of rotatable bonds is 5. The highest BCUT2D eigenvalue weighted by Crippen LogP contribution is 2.37. The van der Waals surface area contributed by atoms with Crippen molar-refractivity contribution in [3.63, 3.8) is 0 Å². The molecule has 3 aromatic rings. The van der Waals surface area contributed by atoms with E-state index in [4.69, 9.17) is 9.84 Å². The quantitative estimate of drug-likeness (QED) is 0.712. The lowest BCUT2D eigenvalue weighted by atomic mass is 10.0. The van der Waals surface area contributed by atoms with Crippen LogP contribution < -0.4 is 5.32 Å². The molecule has 0 spiro atoms. The third kappa shape index (κ3) is 3.61. The number of halogens is 1. The standard InChI is InChI=1S/C20H27FN6O/c1-20(2,3)27-18(11-16(25-27)13-5-6-14(21)9-13)23-19-17-10-15(12-28-4)24-26(17)8-7-22-19/h7-8,10-11,13-14H,5-6,9,12H2,1-4H3,(H,22,23)/t13-,14-/m0/s1. The number of aromatic nitrogens is 5. The highest BCUT2D eigenvalue weighted by Gasteiger charge is 2.30. The lowest BCUT2D eigenvalue weighted by molar-refractivity contribution is 0.181. The van der Waals surface area contributed by atoms with Gasteiger partial charge in [-0.05, 0) is 46.1 Å². The Morgan fingerprint density at radius 2 is 2.07 bits per heavy atom. The van der Waals surface area contributed by atoms with Crippen molar-refractivity contribution in [1.82, 2.24) is 24.4 Å². The van der Waals surface area contributed by atoms with Crippen molar-refractivity contribution < 1.29 is 9.13 Å². The van der Waals surface area contributed by atoms with Gasteiger partial charge in [0.25, 0.3) is 0 Å².